The second-order valence-electron chi connectivity index (χ2n) is 11.6. The van der Waals surface area contributed by atoms with E-state index in [9.17, 15) is 18.8 Å². The maximum absolute atomic E-state index is 13.9. The zero-order valence-electron chi connectivity index (χ0n) is 23.6. The molecule has 0 aliphatic carbocycles. The lowest BCUT2D eigenvalue weighted by Gasteiger charge is -2.34. The van der Waals surface area contributed by atoms with Crippen LogP contribution in [0.15, 0.2) is 36.4 Å². The van der Waals surface area contributed by atoms with Crippen LogP contribution in [-0.2, 0) is 9.59 Å². The van der Waals surface area contributed by atoms with Gasteiger partial charge in [0.05, 0.1) is 10.6 Å². The van der Waals surface area contributed by atoms with Gasteiger partial charge in [-0.2, -0.15) is 0 Å². The van der Waals surface area contributed by atoms with Crippen LogP contribution in [-0.4, -0.2) is 84.8 Å². The molecule has 41 heavy (non-hydrogen) atoms. The quantitative estimate of drug-likeness (QED) is 0.441. The first kappa shape index (κ1) is 29.8. The highest BCUT2D eigenvalue weighted by Crippen LogP contribution is 2.33. The van der Waals surface area contributed by atoms with E-state index in [0.717, 1.165) is 37.3 Å². The summed E-state index contributed by atoms with van der Waals surface area (Å²) in [5.74, 6) is -0.0273. The summed E-state index contributed by atoms with van der Waals surface area (Å²) in [6, 6.07) is 10.1. The summed E-state index contributed by atoms with van der Waals surface area (Å²) in [6.45, 7) is 9.22. The number of amides is 3. The predicted octanol–water partition coefficient (Wildman–Crippen LogP) is 5.13. The number of benzene rings is 2. The van der Waals surface area contributed by atoms with Crippen LogP contribution in [0.1, 0.15) is 42.1 Å². The van der Waals surface area contributed by atoms with Gasteiger partial charge < -0.3 is 19.6 Å². The molecule has 0 spiro atoms. The van der Waals surface area contributed by atoms with E-state index in [1.54, 1.807) is 17.9 Å². The van der Waals surface area contributed by atoms with Crippen molar-refractivity contribution < 1.29 is 18.8 Å². The molecule has 3 amide bonds. The van der Waals surface area contributed by atoms with Crippen molar-refractivity contribution in [3.05, 3.63) is 63.4 Å². The molecule has 2 aromatic carbocycles. The van der Waals surface area contributed by atoms with Gasteiger partial charge in [-0.1, -0.05) is 35.3 Å². The highest BCUT2D eigenvalue weighted by molar-refractivity contribution is 6.34. The molecule has 0 aromatic heterocycles. The van der Waals surface area contributed by atoms with Gasteiger partial charge >= 0.3 is 0 Å². The molecule has 10 heteroatoms. The number of hydrogen-bond acceptors (Lipinski definition) is 4. The number of carbonyl (C=O) groups excluding carboxylic acids is 3. The Morgan fingerprint density at radius 2 is 1.66 bits per heavy atom. The van der Waals surface area contributed by atoms with Gasteiger partial charge in [-0.05, 0) is 74.4 Å². The van der Waals surface area contributed by atoms with Crippen LogP contribution in [0.5, 0.6) is 0 Å². The molecule has 0 radical (unpaired) electrons. The number of hydrogen-bond donors (Lipinski definition) is 0. The Morgan fingerprint density at radius 1 is 0.976 bits per heavy atom. The van der Waals surface area contributed by atoms with E-state index >= 15 is 0 Å². The fourth-order valence-corrected chi connectivity index (χ4v) is 6.89. The molecular formula is C31H37Cl2FN4O3. The summed E-state index contributed by atoms with van der Waals surface area (Å²) in [5.41, 5.74) is 1.99. The molecule has 5 rings (SSSR count). The summed E-state index contributed by atoms with van der Waals surface area (Å²) in [7, 11) is 0. The zero-order chi connectivity index (χ0) is 29.3. The zero-order valence-corrected chi connectivity index (χ0v) is 25.1. The molecule has 0 bridgehead atoms. The van der Waals surface area contributed by atoms with Crippen LogP contribution in [0.4, 0.5) is 10.1 Å². The van der Waals surface area contributed by atoms with Crippen LogP contribution >= 0.6 is 23.2 Å². The topological polar surface area (TPSA) is 64.2 Å². The minimum atomic E-state index is -0.579. The Morgan fingerprint density at radius 3 is 2.29 bits per heavy atom. The van der Waals surface area contributed by atoms with E-state index in [1.807, 2.05) is 34.9 Å². The lowest BCUT2D eigenvalue weighted by Crippen LogP contribution is -2.44. The minimum Gasteiger partial charge on any atom is -0.343 e. The molecule has 2 atom stereocenters. The first-order valence-electron chi connectivity index (χ1n) is 14.4. The first-order valence-corrected chi connectivity index (χ1v) is 15.2. The van der Waals surface area contributed by atoms with Crippen molar-refractivity contribution in [1.29, 1.82) is 0 Å². The van der Waals surface area contributed by atoms with Gasteiger partial charge in [-0.3, -0.25) is 14.4 Å². The smallest absolute Gasteiger partial charge is 0.255 e. The molecule has 3 aliphatic rings. The fraction of sp³-hybridized carbons (Fsp3) is 0.516. The standard InChI is InChI=1S/C31H37Cl2FN4O3/c1-20-7-8-25(15-27(20)32)38(30(40)22-9-13-36(14-10-22)21(2)39)12-4-11-35-16-23-18-37(19-24(23)17-35)31(41)26-5-3-6-28(34)29(26)33/h3,5-8,15,22-24H,4,9-14,16-19H2,1-2H3. The van der Waals surface area contributed by atoms with Crippen LogP contribution < -0.4 is 4.90 Å². The molecule has 3 saturated heterocycles. The SMILES string of the molecule is CC(=O)N1CCC(C(=O)N(CCCN2CC3CN(C(=O)c4cccc(F)c4Cl)CC3C2)c2ccc(C)c(Cl)c2)CC1. The average molecular weight is 604 g/mol. The minimum absolute atomic E-state index is 0.0544. The number of carbonyl (C=O) groups is 3. The Kier molecular flexibility index (Phi) is 9.21. The summed E-state index contributed by atoms with van der Waals surface area (Å²) in [6.07, 6.45) is 2.14. The highest BCUT2D eigenvalue weighted by atomic mass is 35.5. The second kappa shape index (κ2) is 12.7. The number of anilines is 1. The number of fused-ring (bicyclic) bond motifs is 1. The first-order chi connectivity index (χ1) is 19.6. The van der Waals surface area contributed by atoms with E-state index in [2.05, 4.69) is 4.90 Å². The Balaban J connectivity index is 1.17. The summed E-state index contributed by atoms with van der Waals surface area (Å²) in [4.78, 5) is 46.4. The van der Waals surface area contributed by atoms with E-state index in [4.69, 9.17) is 23.2 Å². The molecule has 2 aromatic rings. The van der Waals surface area contributed by atoms with Crippen molar-refractivity contribution in [2.24, 2.45) is 17.8 Å². The van der Waals surface area contributed by atoms with Crippen LogP contribution in [0.2, 0.25) is 10.0 Å². The summed E-state index contributed by atoms with van der Waals surface area (Å²) < 4.78 is 13.9. The van der Waals surface area contributed by atoms with E-state index in [0.29, 0.717) is 62.4 Å². The van der Waals surface area contributed by atoms with Crippen molar-refractivity contribution in [3.8, 4) is 0 Å². The van der Waals surface area contributed by atoms with Crippen LogP contribution in [0.3, 0.4) is 0 Å². The van der Waals surface area contributed by atoms with Gasteiger partial charge in [-0.25, -0.2) is 4.39 Å². The monoisotopic (exact) mass is 602 g/mol. The second-order valence-corrected chi connectivity index (χ2v) is 12.4. The normalized spacial score (nSPS) is 21.3. The number of nitrogens with zero attached hydrogens (tertiary/aromatic N) is 4. The molecule has 0 saturated carbocycles. The third kappa shape index (κ3) is 6.55. The van der Waals surface area contributed by atoms with Crippen LogP contribution in [0, 0.1) is 30.5 Å². The van der Waals surface area contributed by atoms with Gasteiger partial charge in [0, 0.05) is 69.4 Å². The number of piperidine rings is 1. The lowest BCUT2D eigenvalue weighted by molar-refractivity contribution is -0.133. The molecular weight excluding hydrogens is 566 g/mol. The van der Waals surface area contributed by atoms with Gasteiger partial charge in [-0.15, -0.1) is 0 Å². The van der Waals surface area contributed by atoms with Gasteiger partial charge in [0.15, 0.2) is 0 Å². The summed E-state index contributed by atoms with van der Waals surface area (Å²) in [5, 5.41) is 0.521. The van der Waals surface area contributed by atoms with E-state index in [1.165, 1.54) is 12.1 Å². The summed E-state index contributed by atoms with van der Waals surface area (Å²) >= 11 is 12.5. The van der Waals surface area contributed by atoms with Crippen molar-refractivity contribution >= 4 is 46.6 Å². The number of halogens is 3. The number of rotatable bonds is 7. The lowest BCUT2D eigenvalue weighted by atomic mass is 9.94. The third-order valence-corrected chi connectivity index (χ3v) is 9.70. The number of likely N-dealkylation sites (tertiary alicyclic amines) is 3. The molecule has 3 heterocycles. The average Bonchev–Trinajstić information content (AvgIpc) is 3.53. The maximum atomic E-state index is 13.9. The van der Waals surface area contributed by atoms with Gasteiger partial charge in [0.25, 0.3) is 5.91 Å². The molecule has 7 nitrogen and oxygen atoms in total. The van der Waals surface area contributed by atoms with E-state index < -0.39 is 5.82 Å². The van der Waals surface area contributed by atoms with Crippen LogP contribution in [0.25, 0.3) is 0 Å². The predicted molar refractivity (Wildman–Crippen MR) is 159 cm³/mol. The van der Waals surface area contributed by atoms with Crippen molar-refractivity contribution in [2.45, 2.75) is 33.1 Å². The molecule has 2 unspecified atom stereocenters. The number of aryl methyl sites for hydroxylation is 1. The Labute approximate surface area is 251 Å². The Bertz CT molecular complexity index is 1300. The van der Waals surface area contributed by atoms with Gasteiger partial charge in [0.1, 0.15) is 5.82 Å². The maximum Gasteiger partial charge on any atom is 0.255 e. The molecule has 3 fully saturated rings. The third-order valence-electron chi connectivity index (χ3n) is 8.91. The van der Waals surface area contributed by atoms with Crippen molar-refractivity contribution in [1.82, 2.24) is 14.7 Å². The highest BCUT2D eigenvalue weighted by Gasteiger charge is 2.42. The molecule has 3 aliphatic heterocycles. The molecule has 220 valence electrons. The van der Waals surface area contributed by atoms with Crippen molar-refractivity contribution in [3.63, 3.8) is 0 Å². The fourth-order valence-electron chi connectivity index (χ4n) is 6.51. The van der Waals surface area contributed by atoms with Gasteiger partial charge in [0.2, 0.25) is 11.8 Å². The largest absolute Gasteiger partial charge is 0.343 e. The van der Waals surface area contributed by atoms with E-state index in [-0.39, 0.29) is 34.2 Å². The Hall–Kier alpha value is -2.68. The molecule has 0 N–H and O–H groups in total. The van der Waals surface area contributed by atoms with Crippen molar-refractivity contribution in [2.75, 3.05) is 57.3 Å².